The Kier molecular flexibility index (Phi) is 8.03. The molecule has 0 saturated heterocycles. The van der Waals surface area contributed by atoms with Crippen LogP contribution in [0.15, 0.2) is 223 Å². The van der Waals surface area contributed by atoms with Gasteiger partial charge in [-0.3, -0.25) is 0 Å². The molecular formula is C62H45NO. The minimum Gasteiger partial charge on any atom is -0.456 e. The highest BCUT2D eigenvalue weighted by atomic mass is 16.3. The summed E-state index contributed by atoms with van der Waals surface area (Å²) < 4.78 is 6.83. The van der Waals surface area contributed by atoms with Crippen LogP contribution in [0.4, 0.5) is 17.1 Å². The third-order valence-electron chi connectivity index (χ3n) is 14.7. The molecule has 2 unspecified atom stereocenters. The van der Waals surface area contributed by atoms with Crippen LogP contribution in [0.3, 0.4) is 0 Å². The molecule has 1 aromatic heterocycles. The molecule has 0 radical (unpaired) electrons. The Labute approximate surface area is 374 Å². The number of anilines is 3. The highest BCUT2D eigenvalue weighted by molar-refractivity contribution is 6.00. The normalized spacial score (nSPS) is 17.6. The van der Waals surface area contributed by atoms with Crippen molar-refractivity contribution in [2.75, 3.05) is 4.90 Å². The molecule has 0 saturated carbocycles. The number of hydrogen-bond donors (Lipinski definition) is 0. The molecule has 0 bridgehead atoms. The molecule has 4 aliphatic carbocycles. The maximum Gasteiger partial charge on any atom is 0.135 e. The molecule has 4 aliphatic rings. The van der Waals surface area contributed by atoms with Crippen LogP contribution in [-0.2, 0) is 10.8 Å². The summed E-state index contributed by atoms with van der Waals surface area (Å²) in [6, 6.07) is 70.2. The van der Waals surface area contributed by atoms with Gasteiger partial charge in [-0.1, -0.05) is 196 Å². The lowest BCUT2D eigenvalue weighted by atomic mass is 9.67. The topological polar surface area (TPSA) is 16.4 Å². The zero-order valence-corrected chi connectivity index (χ0v) is 35.9. The van der Waals surface area contributed by atoms with Gasteiger partial charge in [-0.2, -0.15) is 0 Å². The Morgan fingerprint density at radius 2 is 1.03 bits per heavy atom. The highest BCUT2D eigenvalue weighted by Gasteiger charge is 2.46. The fourth-order valence-corrected chi connectivity index (χ4v) is 11.8. The van der Waals surface area contributed by atoms with E-state index in [1.165, 1.54) is 61.2 Å². The first kappa shape index (κ1) is 36.9. The summed E-state index contributed by atoms with van der Waals surface area (Å²) in [4.78, 5) is 2.54. The fraction of sp³-hybridized carbons (Fsp3) is 0.0968. The SMILES string of the molecule is CC1(C)c2ccccc2-c2ccc(N(c3ccc4c(c3)C(c3ccccc3)(c3ccccc3)c3ccccc3-4)c3cc4c5c(oc4cc3-c3ccccc3)C=CC3C=CC=CC53)cc21. The van der Waals surface area contributed by atoms with Crippen LogP contribution in [-0.4, -0.2) is 0 Å². The van der Waals surface area contributed by atoms with Crippen molar-refractivity contribution in [2.45, 2.75) is 30.6 Å². The van der Waals surface area contributed by atoms with Crippen molar-refractivity contribution in [1.82, 2.24) is 0 Å². The van der Waals surface area contributed by atoms with Gasteiger partial charge < -0.3 is 9.32 Å². The summed E-state index contributed by atoms with van der Waals surface area (Å²) in [5, 5.41) is 1.15. The zero-order valence-electron chi connectivity index (χ0n) is 35.9. The van der Waals surface area contributed by atoms with E-state index in [9.17, 15) is 0 Å². The van der Waals surface area contributed by atoms with Crippen LogP contribution in [0.1, 0.15) is 64.5 Å². The van der Waals surface area contributed by atoms with Gasteiger partial charge in [0, 0.05) is 45.1 Å². The Morgan fingerprint density at radius 3 is 1.73 bits per heavy atom. The molecular weight excluding hydrogens is 775 g/mol. The minimum atomic E-state index is -0.546. The quantitative estimate of drug-likeness (QED) is 0.166. The molecule has 13 rings (SSSR count). The van der Waals surface area contributed by atoms with Crippen LogP contribution in [0.2, 0.25) is 0 Å². The summed E-state index contributed by atoms with van der Waals surface area (Å²) in [5.74, 6) is 1.43. The largest absolute Gasteiger partial charge is 0.456 e. The molecule has 9 aromatic rings. The van der Waals surface area contributed by atoms with E-state index in [4.69, 9.17) is 4.42 Å². The fourth-order valence-electron chi connectivity index (χ4n) is 11.8. The molecule has 64 heavy (non-hydrogen) atoms. The molecule has 2 atom stereocenters. The monoisotopic (exact) mass is 819 g/mol. The Morgan fingerprint density at radius 1 is 0.469 bits per heavy atom. The molecule has 1 heterocycles. The van der Waals surface area contributed by atoms with Gasteiger partial charge in [0.2, 0.25) is 0 Å². The van der Waals surface area contributed by atoms with E-state index in [-0.39, 0.29) is 17.3 Å². The number of nitrogens with zero attached hydrogens (tertiary/aromatic N) is 1. The lowest BCUT2D eigenvalue weighted by molar-refractivity contribution is 0.578. The van der Waals surface area contributed by atoms with E-state index in [1.807, 2.05) is 0 Å². The number of fused-ring (bicyclic) bond motifs is 11. The Balaban J connectivity index is 1.12. The number of benzene rings is 8. The van der Waals surface area contributed by atoms with E-state index in [0.29, 0.717) is 0 Å². The minimum absolute atomic E-state index is 0.180. The standard InChI is InChI=1S/C62H45NO/c1-61(2)53-28-16-14-26-47(53)49-33-31-44(36-55(49)61)63(57-38-52-59(39-51(57)40-18-6-3-7-19-40)64-58-35-30-41-20-12-13-25-46(41)60(52)58)45-32-34-50-48-27-15-17-29-54(48)62(56(50)37-45,42-21-8-4-9-22-42)43-23-10-5-11-24-43/h3-39,41,46H,1-2H3. The smallest absolute Gasteiger partial charge is 0.135 e. The lowest BCUT2D eigenvalue weighted by Gasteiger charge is -2.35. The zero-order chi connectivity index (χ0) is 42.6. The maximum absolute atomic E-state index is 6.83. The van der Waals surface area contributed by atoms with Crippen LogP contribution in [0.5, 0.6) is 0 Å². The van der Waals surface area contributed by atoms with Crippen molar-refractivity contribution in [1.29, 1.82) is 0 Å². The molecule has 0 N–H and O–H groups in total. The second-order valence-corrected chi connectivity index (χ2v) is 18.3. The van der Waals surface area contributed by atoms with E-state index in [2.05, 4.69) is 243 Å². The number of allylic oxidation sites excluding steroid dienone is 5. The Hall–Kier alpha value is -7.68. The lowest BCUT2D eigenvalue weighted by Crippen LogP contribution is -2.28. The van der Waals surface area contributed by atoms with Crippen molar-refractivity contribution in [3.8, 4) is 33.4 Å². The van der Waals surface area contributed by atoms with Crippen LogP contribution >= 0.6 is 0 Å². The first-order chi connectivity index (χ1) is 31.5. The maximum atomic E-state index is 6.83. The van der Waals surface area contributed by atoms with Crippen LogP contribution in [0, 0.1) is 5.92 Å². The third-order valence-corrected chi connectivity index (χ3v) is 14.7. The van der Waals surface area contributed by atoms with Gasteiger partial charge in [-0.25, -0.2) is 0 Å². The van der Waals surface area contributed by atoms with Gasteiger partial charge in [-0.05, 0) is 104 Å². The third kappa shape index (κ3) is 5.20. The second-order valence-electron chi connectivity index (χ2n) is 18.3. The summed E-state index contributed by atoms with van der Waals surface area (Å²) in [6.45, 7) is 4.75. The summed E-state index contributed by atoms with van der Waals surface area (Å²) in [6.07, 6.45) is 13.5. The summed E-state index contributed by atoms with van der Waals surface area (Å²) >= 11 is 0. The number of furan rings is 1. The van der Waals surface area contributed by atoms with Crippen molar-refractivity contribution in [3.05, 3.63) is 263 Å². The summed E-state index contributed by atoms with van der Waals surface area (Å²) in [5.41, 5.74) is 20.0. The molecule has 2 heteroatoms. The van der Waals surface area contributed by atoms with Crippen LogP contribution < -0.4 is 4.90 Å². The van der Waals surface area contributed by atoms with E-state index >= 15 is 0 Å². The number of rotatable bonds is 6. The van der Waals surface area contributed by atoms with Gasteiger partial charge >= 0.3 is 0 Å². The predicted molar refractivity (Wildman–Crippen MR) is 265 cm³/mol. The van der Waals surface area contributed by atoms with Gasteiger partial charge in [-0.15, -0.1) is 0 Å². The van der Waals surface area contributed by atoms with Crippen LogP contribution in [0.25, 0.3) is 50.4 Å². The second kappa shape index (κ2) is 13.9. The first-order valence-corrected chi connectivity index (χ1v) is 22.6. The molecule has 304 valence electrons. The molecule has 0 amide bonds. The van der Waals surface area contributed by atoms with Gasteiger partial charge in [0.1, 0.15) is 11.3 Å². The molecule has 8 aromatic carbocycles. The van der Waals surface area contributed by atoms with E-state index in [1.54, 1.807) is 0 Å². The highest BCUT2D eigenvalue weighted by Crippen LogP contribution is 2.58. The molecule has 0 aliphatic heterocycles. The molecule has 0 spiro atoms. The predicted octanol–water partition coefficient (Wildman–Crippen LogP) is 16.1. The van der Waals surface area contributed by atoms with Crippen molar-refractivity contribution in [2.24, 2.45) is 5.92 Å². The van der Waals surface area contributed by atoms with Crippen molar-refractivity contribution < 1.29 is 4.42 Å². The van der Waals surface area contributed by atoms with Crippen molar-refractivity contribution >= 4 is 34.1 Å². The molecule has 2 nitrogen and oxygen atoms in total. The van der Waals surface area contributed by atoms with E-state index in [0.717, 1.165) is 44.9 Å². The Bertz CT molecular complexity index is 3380. The van der Waals surface area contributed by atoms with Gasteiger partial charge in [0.05, 0.1) is 11.1 Å². The molecule has 0 fully saturated rings. The van der Waals surface area contributed by atoms with Crippen molar-refractivity contribution in [3.63, 3.8) is 0 Å². The van der Waals surface area contributed by atoms with E-state index < -0.39 is 5.41 Å². The summed E-state index contributed by atoms with van der Waals surface area (Å²) in [7, 11) is 0. The van der Waals surface area contributed by atoms with Gasteiger partial charge in [0.15, 0.2) is 0 Å². The number of hydrogen-bond acceptors (Lipinski definition) is 2. The first-order valence-electron chi connectivity index (χ1n) is 22.6. The average molecular weight is 820 g/mol. The van der Waals surface area contributed by atoms with Gasteiger partial charge in [0.25, 0.3) is 0 Å². The average Bonchev–Trinajstić information content (AvgIpc) is 3.95.